The van der Waals surface area contributed by atoms with Crippen molar-refractivity contribution < 1.29 is 14.6 Å². The van der Waals surface area contributed by atoms with Crippen LogP contribution in [0.2, 0.25) is 5.02 Å². The molecule has 0 aromatic heterocycles. The molecular formula is C18H19ClNO3S+. The molecule has 0 saturated carbocycles. The first kappa shape index (κ1) is 17.1. The number of hydrogen-bond donors (Lipinski definition) is 1. The van der Waals surface area contributed by atoms with E-state index in [4.69, 9.17) is 16.3 Å². The Balaban J connectivity index is 2.07. The maximum absolute atomic E-state index is 12.1. The molecule has 1 aliphatic rings. The lowest BCUT2D eigenvalue weighted by Crippen LogP contribution is -2.42. The summed E-state index contributed by atoms with van der Waals surface area (Å²) in [5.41, 5.74) is 2.67. The summed E-state index contributed by atoms with van der Waals surface area (Å²) in [6, 6.07) is 11.3. The Bertz CT molecular complexity index is 791. The molecule has 0 fully saturated rings. The Kier molecular flexibility index (Phi) is 4.51. The van der Waals surface area contributed by atoms with Gasteiger partial charge >= 0.3 is 6.09 Å². The molecule has 4 nitrogen and oxygen atoms in total. The molecule has 6 heteroatoms. The lowest BCUT2D eigenvalue weighted by molar-refractivity contribution is 0.179. The van der Waals surface area contributed by atoms with E-state index in [9.17, 15) is 9.90 Å². The van der Waals surface area contributed by atoms with Gasteiger partial charge in [-0.2, -0.15) is 4.79 Å². The number of rotatable bonds is 3. The number of quaternary nitrogens is 1. The maximum Gasteiger partial charge on any atom is 0.530 e. The summed E-state index contributed by atoms with van der Waals surface area (Å²) in [6.07, 6.45) is -0.111. The predicted molar refractivity (Wildman–Crippen MR) is 98.0 cm³/mol. The highest BCUT2D eigenvalue weighted by Gasteiger charge is 2.42. The Hall–Kier alpha value is -1.69. The molecule has 126 valence electrons. The third-order valence-corrected chi connectivity index (χ3v) is 5.41. The summed E-state index contributed by atoms with van der Waals surface area (Å²) in [6.45, 7) is 3.93. The number of carbonyl (C=O) groups is 1. The van der Waals surface area contributed by atoms with E-state index in [0.717, 1.165) is 22.4 Å². The molecule has 0 radical (unpaired) electrons. The fraction of sp³-hybridized carbons (Fsp3) is 0.278. The standard InChI is InChI=1S/C18H18ClNO3S/c1-11-7-14(19)10-15(8-11)24-20(3,18(21)22)16-6-4-5-13-9-12(2)23-17(13)16/h4-8,10,12H,9H2,1-3H3/p+1. The van der Waals surface area contributed by atoms with Crippen LogP contribution >= 0.6 is 23.5 Å². The van der Waals surface area contributed by atoms with Gasteiger partial charge in [-0.1, -0.05) is 23.7 Å². The van der Waals surface area contributed by atoms with Crippen molar-refractivity contribution in [2.45, 2.75) is 31.3 Å². The van der Waals surface area contributed by atoms with Crippen molar-refractivity contribution in [1.29, 1.82) is 0 Å². The molecular weight excluding hydrogens is 346 g/mol. The van der Waals surface area contributed by atoms with Gasteiger partial charge in [-0.15, -0.1) is 3.89 Å². The second-order valence-electron chi connectivity index (χ2n) is 6.16. The third-order valence-electron chi connectivity index (χ3n) is 4.03. The van der Waals surface area contributed by atoms with Gasteiger partial charge in [0.25, 0.3) is 0 Å². The molecule has 1 heterocycles. The first-order valence-electron chi connectivity index (χ1n) is 7.65. The van der Waals surface area contributed by atoms with Gasteiger partial charge in [0.05, 0.1) is 11.9 Å². The third kappa shape index (κ3) is 3.11. The topological polar surface area (TPSA) is 46.5 Å². The van der Waals surface area contributed by atoms with Crippen LogP contribution in [0.15, 0.2) is 41.3 Å². The van der Waals surface area contributed by atoms with Gasteiger partial charge in [-0.05, 0) is 37.6 Å². The van der Waals surface area contributed by atoms with Crippen LogP contribution in [0.3, 0.4) is 0 Å². The first-order chi connectivity index (χ1) is 11.3. The van der Waals surface area contributed by atoms with Gasteiger partial charge in [-0.3, -0.25) is 0 Å². The molecule has 1 aliphatic heterocycles. The van der Waals surface area contributed by atoms with Crippen LogP contribution in [-0.4, -0.2) is 24.4 Å². The van der Waals surface area contributed by atoms with E-state index in [1.807, 2.05) is 44.2 Å². The Morgan fingerprint density at radius 2 is 2.12 bits per heavy atom. The Morgan fingerprint density at radius 1 is 1.38 bits per heavy atom. The Morgan fingerprint density at radius 3 is 2.79 bits per heavy atom. The zero-order valence-electron chi connectivity index (χ0n) is 13.7. The quantitative estimate of drug-likeness (QED) is 0.593. The van der Waals surface area contributed by atoms with Crippen molar-refractivity contribution in [3.05, 3.63) is 52.5 Å². The molecule has 0 saturated heterocycles. The lowest BCUT2D eigenvalue weighted by Gasteiger charge is -2.26. The fourth-order valence-corrected chi connectivity index (χ4v) is 4.43. The number of nitrogens with zero attached hydrogens (tertiary/aromatic N) is 1. The first-order valence-corrected chi connectivity index (χ1v) is 8.80. The second kappa shape index (κ2) is 6.31. The van der Waals surface area contributed by atoms with Gasteiger partial charge < -0.3 is 9.84 Å². The molecule has 24 heavy (non-hydrogen) atoms. The van der Waals surface area contributed by atoms with Crippen molar-refractivity contribution >= 4 is 35.3 Å². The van der Waals surface area contributed by atoms with E-state index in [-0.39, 0.29) is 9.99 Å². The summed E-state index contributed by atoms with van der Waals surface area (Å²) < 4.78 is 5.54. The highest BCUT2D eigenvalue weighted by atomic mass is 35.5. The summed E-state index contributed by atoms with van der Waals surface area (Å²) in [4.78, 5) is 12.9. The molecule has 1 N–H and O–H groups in total. The largest absolute Gasteiger partial charge is 0.530 e. The number of aryl methyl sites for hydroxylation is 1. The SMILES string of the molecule is Cc1cc(Cl)cc(S[N+](C)(C(=O)O)c2cccc3c2OC(C)C3)c1. The number of para-hydroxylation sites is 1. The molecule has 0 aliphatic carbocycles. The van der Waals surface area contributed by atoms with Gasteiger partial charge in [0.15, 0.2) is 11.4 Å². The van der Waals surface area contributed by atoms with Crippen molar-refractivity contribution in [3.8, 4) is 5.75 Å². The average molecular weight is 365 g/mol. The van der Waals surface area contributed by atoms with E-state index in [0.29, 0.717) is 16.5 Å². The molecule has 1 amide bonds. The van der Waals surface area contributed by atoms with Crippen molar-refractivity contribution in [1.82, 2.24) is 3.89 Å². The minimum absolute atomic E-state index is 0.0572. The Labute approximate surface area is 150 Å². The lowest BCUT2D eigenvalue weighted by atomic mass is 10.1. The van der Waals surface area contributed by atoms with Gasteiger partial charge in [-0.25, -0.2) is 0 Å². The van der Waals surface area contributed by atoms with Crippen LogP contribution in [0.25, 0.3) is 0 Å². The monoisotopic (exact) mass is 364 g/mol. The molecule has 0 bridgehead atoms. The van der Waals surface area contributed by atoms with Gasteiger partial charge in [0.2, 0.25) is 0 Å². The number of hydrogen-bond acceptors (Lipinski definition) is 3. The maximum atomic E-state index is 12.1. The van der Waals surface area contributed by atoms with Crippen LogP contribution in [0.5, 0.6) is 5.75 Å². The molecule has 2 aromatic rings. The average Bonchev–Trinajstić information content (AvgIpc) is 2.85. The highest BCUT2D eigenvalue weighted by molar-refractivity contribution is 7.99. The summed E-state index contributed by atoms with van der Waals surface area (Å²) in [7, 11) is 1.66. The molecule has 0 spiro atoms. The summed E-state index contributed by atoms with van der Waals surface area (Å²) in [5, 5.41) is 10.5. The van der Waals surface area contributed by atoms with Crippen LogP contribution in [-0.2, 0) is 6.42 Å². The summed E-state index contributed by atoms with van der Waals surface area (Å²) >= 11 is 7.35. The van der Waals surface area contributed by atoms with Crippen LogP contribution in [0, 0.1) is 6.92 Å². The van der Waals surface area contributed by atoms with Gasteiger partial charge in [0.1, 0.15) is 18.1 Å². The smallest absolute Gasteiger partial charge is 0.484 e. The second-order valence-corrected chi connectivity index (χ2v) is 7.98. The van der Waals surface area contributed by atoms with E-state index in [1.165, 1.54) is 11.9 Å². The number of amides is 1. The minimum Gasteiger partial charge on any atom is -0.484 e. The van der Waals surface area contributed by atoms with E-state index in [1.54, 1.807) is 13.1 Å². The minimum atomic E-state index is -0.964. The van der Waals surface area contributed by atoms with Crippen molar-refractivity contribution in [2.24, 2.45) is 0 Å². The van der Waals surface area contributed by atoms with Crippen LogP contribution in [0.4, 0.5) is 10.5 Å². The molecule has 2 atom stereocenters. The fourth-order valence-electron chi connectivity index (χ4n) is 2.91. The normalized spacial score (nSPS) is 18.6. The number of benzene rings is 2. The van der Waals surface area contributed by atoms with E-state index >= 15 is 0 Å². The molecule has 2 aromatic carbocycles. The van der Waals surface area contributed by atoms with Crippen LogP contribution in [0.1, 0.15) is 18.1 Å². The number of halogens is 1. The van der Waals surface area contributed by atoms with E-state index < -0.39 is 6.09 Å². The van der Waals surface area contributed by atoms with Crippen molar-refractivity contribution in [3.63, 3.8) is 0 Å². The number of ether oxygens (including phenoxy) is 1. The summed E-state index contributed by atoms with van der Waals surface area (Å²) in [5.74, 6) is 0.682. The highest BCUT2D eigenvalue weighted by Crippen LogP contribution is 2.46. The zero-order valence-corrected chi connectivity index (χ0v) is 15.3. The van der Waals surface area contributed by atoms with E-state index in [2.05, 4.69) is 0 Å². The number of fused-ring (bicyclic) bond motifs is 1. The molecule has 2 unspecified atom stereocenters. The number of carboxylic acid groups (broad SMARTS) is 1. The molecule has 3 rings (SSSR count). The zero-order chi connectivity index (χ0) is 17.5. The van der Waals surface area contributed by atoms with Crippen molar-refractivity contribution in [2.75, 3.05) is 7.05 Å². The van der Waals surface area contributed by atoms with Gasteiger partial charge in [0, 0.05) is 23.1 Å². The van der Waals surface area contributed by atoms with Crippen LogP contribution < -0.4 is 8.63 Å². The predicted octanol–water partition coefficient (Wildman–Crippen LogP) is 5.29.